The number of sulfonamides is 1. The van der Waals surface area contributed by atoms with Crippen molar-refractivity contribution in [2.24, 2.45) is 0 Å². The zero-order valence-corrected chi connectivity index (χ0v) is 16.0. The zero-order valence-electron chi connectivity index (χ0n) is 14.4. The summed E-state index contributed by atoms with van der Waals surface area (Å²) in [7, 11) is -3.88. The van der Waals surface area contributed by atoms with Crippen molar-refractivity contribution in [2.45, 2.75) is 30.3 Å². The van der Waals surface area contributed by atoms with Crippen molar-refractivity contribution in [2.75, 3.05) is 6.54 Å². The van der Waals surface area contributed by atoms with Crippen molar-refractivity contribution >= 4 is 27.5 Å². The second kappa shape index (κ2) is 8.09. The molecule has 2 aromatic rings. The van der Waals surface area contributed by atoms with E-state index >= 15 is 0 Å². The topological polar surface area (TPSA) is 90.3 Å². The molecule has 27 heavy (non-hydrogen) atoms. The Hall–Kier alpha value is -2.40. The smallest absolute Gasteiger partial charge is 0.243 e. The van der Waals surface area contributed by atoms with Gasteiger partial charge in [-0.05, 0) is 36.2 Å². The SMILES string of the molecule is N#Cc1cccc(S(=O)(=O)N(Cc2ccccc2Cl)C[C@@H]2CCC(=O)N2)c1. The van der Waals surface area contributed by atoms with Crippen molar-refractivity contribution in [1.29, 1.82) is 5.26 Å². The lowest BCUT2D eigenvalue weighted by Gasteiger charge is -2.25. The molecule has 0 aliphatic carbocycles. The molecule has 0 bridgehead atoms. The molecule has 6 nitrogen and oxygen atoms in total. The Morgan fingerprint density at radius 3 is 2.67 bits per heavy atom. The van der Waals surface area contributed by atoms with E-state index in [0.717, 1.165) is 0 Å². The number of hydrogen-bond acceptors (Lipinski definition) is 4. The highest BCUT2D eigenvalue weighted by molar-refractivity contribution is 7.89. The number of benzene rings is 2. The minimum Gasteiger partial charge on any atom is -0.352 e. The highest BCUT2D eigenvalue weighted by atomic mass is 35.5. The molecule has 1 aliphatic rings. The third kappa shape index (κ3) is 4.48. The average molecular weight is 404 g/mol. The molecular weight excluding hydrogens is 386 g/mol. The standard InChI is InChI=1S/C19H18ClN3O3S/c20-18-7-2-1-5-15(18)12-23(13-16-8-9-19(24)22-16)27(25,26)17-6-3-4-14(10-17)11-21/h1-7,10,16H,8-9,12-13H2,(H,22,24)/t16-/m0/s1. The summed E-state index contributed by atoms with van der Waals surface area (Å²) in [5.41, 5.74) is 0.937. The van der Waals surface area contributed by atoms with Gasteiger partial charge in [0.2, 0.25) is 15.9 Å². The molecule has 2 aromatic carbocycles. The number of amides is 1. The Labute approximate surface area is 163 Å². The van der Waals surface area contributed by atoms with E-state index in [0.29, 0.717) is 23.4 Å². The molecule has 0 saturated carbocycles. The van der Waals surface area contributed by atoms with Crippen LogP contribution in [0.2, 0.25) is 5.02 Å². The number of nitrogens with one attached hydrogen (secondary N) is 1. The minimum absolute atomic E-state index is 0.0397. The summed E-state index contributed by atoms with van der Waals surface area (Å²) >= 11 is 6.22. The van der Waals surface area contributed by atoms with Crippen LogP contribution in [-0.4, -0.2) is 31.2 Å². The molecule has 1 atom stereocenters. The predicted molar refractivity (Wildman–Crippen MR) is 101 cm³/mol. The largest absolute Gasteiger partial charge is 0.352 e. The van der Waals surface area contributed by atoms with Gasteiger partial charge in [-0.1, -0.05) is 35.9 Å². The Morgan fingerprint density at radius 1 is 1.22 bits per heavy atom. The fourth-order valence-corrected chi connectivity index (χ4v) is 4.70. The van der Waals surface area contributed by atoms with Crippen LogP contribution in [0.1, 0.15) is 24.0 Å². The lowest BCUT2D eigenvalue weighted by molar-refractivity contribution is -0.119. The third-order valence-corrected chi connectivity index (χ3v) is 6.59. The van der Waals surface area contributed by atoms with E-state index in [-0.39, 0.29) is 35.5 Å². The van der Waals surface area contributed by atoms with Crippen LogP contribution in [0.4, 0.5) is 0 Å². The minimum atomic E-state index is -3.88. The van der Waals surface area contributed by atoms with Gasteiger partial charge in [0.15, 0.2) is 0 Å². The summed E-state index contributed by atoms with van der Waals surface area (Å²) in [6, 6.07) is 14.6. The molecule has 1 N–H and O–H groups in total. The second-order valence-electron chi connectivity index (χ2n) is 6.33. The average Bonchev–Trinajstić information content (AvgIpc) is 3.07. The summed E-state index contributed by atoms with van der Waals surface area (Å²) in [6.07, 6.45) is 0.959. The second-order valence-corrected chi connectivity index (χ2v) is 8.68. The lowest BCUT2D eigenvalue weighted by atomic mass is 10.2. The van der Waals surface area contributed by atoms with Gasteiger partial charge in [0.05, 0.1) is 16.5 Å². The molecule has 0 radical (unpaired) electrons. The molecule has 0 spiro atoms. The fourth-order valence-electron chi connectivity index (χ4n) is 3.00. The van der Waals surface area contributed by atoms with Crippen LogP contribution in [0.15, 0.2) is 53.4 Å². The van der Waals surface area contributed by atoms with Gasteiger partial charge in [-0.15, -0.1) is 0 Å². The van der Waals surface area contributed by atoms with E-state index in [4.69, 9.17) is 16.9 Å². The molecule has 1 aliphatic heterocycles. The van der Waals surface area contributed by atoms with Crippen molar-refractivity contribution in [1.82, 2.24) is 9.62 Å². The zero-order chi connectivity index (χ0) is 19.4. The first-order valence-corrected chi connectivity index (χ1v) is 10.2. The number of hydrogen-bond donors (Lipinski definition) is 1. The van der Waals surface area contributed by atoms with E-state index in [1.807, 2.05) is 6.07 Å². The molecule has 0 aromatic heterocycles. The third-order valence-electron chi connectivity index (χ3n) is 4.41. The monoisotopic (exact) mass is 403 g/mol. The molecular formula is C19H18ClN3O3S. The highest BCUT2D eigenvalue weighted by Crippen LogP contribution is 2.24. The Balaban J connectivity index is 1.95. The van der Waals surface area contributed by atoms with Gasteiger partial charge in [0.25, 0.3) is 0 Å². The molecule has 1 saturated heterocycles. The molecule has 3 rings (SSSR count). The van der Waals surface area contributed by atoms with Crippen LogP contribution in [0.3, 0.4) is 0 Å². The van der Waals surface area contributed by atoms with Crippen LogP contribution < -0.4 is 5.32 Å². The van der Waals surface area contributed by atoms with Crippen LogP contribution in [-0.2, 0) is 21.4 Å². The number of rotatable bonds is 6. The van der Waals surface area contributed by atoms with Crippen molar-refractivity contribution in [3.05, 3.63) is 64.7 Å². The molecule has 8 heteroatoms. The van der Waals surface area contributed by atoms with Crippen LogP contribution >= 0.6 is 11.6 Å². The Bertz CT molecular complexity index is 1000. The summed E-state index contributed by atoms with van der Waals surface area (Å²) in [5.74, 6) is -0.0819. The first-order chi connectivity index (χ1) is 12.9. The molecule has 1 amide bonds. The number of nitrogens with zero attached hydrogens (tertiary/aromatic N) is 2. The van der Waals surface area contributed by atoms with Gasteiger partial charge in [-0.3, -0.25) is 4.79 Å². The van der Waals surface area contributed by atoms with E-state index in [1.54, 1.807) is 30.3 Å². The summed E-state index contributed by atoms with van der Waals surface area (Å²) in [5, 5.41) is 12.3. The quantitative estimate of drug-likeness (QED) is 0.802. The first kappa shape index (κ1) is 19.4. The lowest BCUT2D eigenvalue weighted by Crippen LogP contribution is -2.41. The van der Waals surface area contributed by atoms with Crippen molar-refractivity contribution < 1.29 is 13.2 Å². The normalized spacial score (nSPS) is 16.9. The molecule has 140 valence electrons. The number of halogens is 1. The van der Waals surface area contributed by atoms with Gasteiger partial charge < -0.3 is 5.32 Å². The first-order valence-electron chi connectivity index (χ1n) is 8.43. The van der Waals surface area contributed by atoms with E-state index in [2.05, 4.69) is 5.32 Å². The number of carbonyl (C=O) groups is 1. The molecule has 0 unspecified atom stereocenters. The summed E-state index contributed by atoms with van der Waals surface area (Å²) in [4.78, 5) is 11.6. The molecule has 1 heterocycles. The molecule has 1 fully saturated rings. The van der Waals surface area contributed by atoms with E-state index in [1.165, 1.54) is 22.5 Å². The number of nitriles is 1. The van der Waals surface area contributed by atoms with Crippen molar-refractivity contribution in [3.8, 4) is 6.07 Å². The maximum absolute atomic E-state index is 13.2. The Morgan fingerprint density at radius 2 is 2.00 bits per heavy atom. The fraction of sp³-hybridized carbons (Fsp3) is 0.263. The van der Waals surface area contributed by atoms with Gasteiger partial charge in [-0.2, -0.15) is 9.57 Å². The maximum atomic E-state index is 13.2. The summed E-state index contributed by atoms with van der Waals surface area (Å²) < 4.78 is 27.8. The van der Waals surface area contributed by atoms with Crippen LogP contribution in [0.5, 0.6) is 0 Å². The van der Waals surface area contributed by atoms with Crippen LogP contribution in [0.25, 0.3) is 0 Å². The van der Waals surface area contributed by atoms with Crippen LogP contribution in [0, 0.1) is 11.3 Å². The maximum Gasteiger partial charge on any atom is 0.243 e. The predicted octanol–water partition coefficient (Wildman–Crippen LogP) is 2.68. The van der Waals surface area contributed by atoms with Gasteiger partial charge in [0, 0.05) is 30.6 Å². The number of carbonyl (C=O) groups excluding carboxylic acids is 1. The van der Waals surface area contributed by atoms with E-state index in [9.17, 15) is 13.2 Å². The van der Waals surface area contributed by atoms with Gasteiger partial charge in [0.1, 0.15) is 0 Å². The van der Waals surface area contributed by atoms with Gasteiger partial charge >= 0.3 is 0 Å². The Kier molecular flexibility index (Phi) is 5.80. The van der Waals surface area contributed by atoms with Gasteiger partial charge in [-0.25, -0.2) is 8.42 Å². The van der Waals surface area contributed by atoms with E-state index < -0.39 is 10.0 Å². The summed E-state index contributed by atoms with van der Waals surface area (Å²) in [6.45, 7) is 0.210. The van der Waals surface area contributed by atoms with Crippen molar-refractivity contribution in [3.63, 3.8) is 0 Å². The highest BCUT2D eigenvalue weighted by Gasteiger charge is 2.31.